The van der Waals surface area contributed by atoms with Crippen LogP contribution in [0.1, 0.15) is 72.0 Å². The lowest BCUT2D eigenvalue weighted by Crippen LogP contribution is -2.52. The van der Waals surface area contributed by atoms with E-state index in [1.807, 2.05) is 13.1 Å². The number of carbonyl (C=O) groups excluding carboxylic acids is 3. The van der Waals surface area contributed by atoms with Crippen LogP contribution in [0.4, 0.5) is 0 Å². The molecule has 0 spiro atoms. The quantitative estimate of drug-likeness (QED) is 0.472. The number of amides is 3. The Morgan fingerprint density at radius 1 is 1.14 bits per heavy atom. The third-order valence-corrected chi connectivity index (χ3v) is 7.69. The minimum absolute atomic E-state index is 0.119. The van der Waals surface area contributed by atoms with E-state index in [9.17, 15) is 14.4 Å². The standard InChI is InChI=1S/C29H38N4O3/c1-4-24(32(3)18-20-8-6-5-7-9-20)17-22(14-15-30-2)21-10-11-25-23(16-21)19-33(29(25)36)26-12-13-27(34)31-28(26)35/h5-11,16,22,24,26,30H,4,12-15,17-19H2,1-3H3,(H,31,34,35)/t22?,24-,26?/m1/s1. The zero-order chi connectivity index (χ0) is 25.7. The first-order chi connectivity index (χ1) is 17.4. The van der Waals surface area contributed by atoms with E-state index in [-0.39, 0.29) is 24.1 Å². The zero-order valence-electron chi connectivity index (χ0n) is 21.6. The van der Waals surface area contributed by atoms with Gasteiger partial charge in [0.25, 0.3) is 5.91 Å². The second-order valence-corrected chi connectivity index (χ2v) is 10.1. The van der Waals surface area contributed by atoms with Gasteiger partial charge in [0.2, 0.25) is 11.8 Å². The van der Waals surface area contributed by atoms with E-state index in [0.717, 1.165) is 37.9 Å². The Balaban J connectivity index is 1.50. The lowest BCUT2D eigenvalue weighted by Gasteiger charge is -2.31. The van der Waals surface area contributed by atoms with Crippen LogP contribution in [0.15, 0.2) is 48.5 Å². The highest BCUT2D eigenvalue weighted by Crippen LogP contribution is 2.33. The molecule has 1 saturated heterocycles. The predicted octanol–water partition coefficient (Wildman–Crippen LogP) is 3.44. The molecular weight excluding hydrogens is 452 g/mol. The Morgan fingerprint density at radius 2 is 1.92 bits per heavy atom. The van der Waals surface area contributed by atoms with Gasteiger partial charge in [0, 0.05) is 31.1 Å². The highest BCUT2D eigenvalue weighted by Gasteiger charge is 2.39. The fraction of sp³-hybridized carbons (Fsp3) is 0.483. The van der Waals surface area contributed by atoms with E-state index in [4.69, 9.17) is 0 Å². The molecule has 2 unspecified atom stereocenters. The van der Waals surface area contributed by atoms with Gasteiger partial charge in [-0.2, -0.15) is 0 Å². The van der Waals surface area contributed by atoms with Crippen LogP contribution in [0.2, 0.25) is 0 Å². The average Bonchev–Trinajstić information content (AvgIpc) is 3.20. The maximum Gasteiger partial charge on any atom is 0.255 e. The summed E-state index contributed by atoms with van der Waals surface area (Å²) < 4.78 is 0. The minimum Gasteiger partial charge on any atom is -0.322 e. The van der Waals surface area contributed by atoms with Gasteiger partial charge >= 0.3 is 0 Å². The summed E-state index contributed by atoms with van der Waals surface area (Å²) in [7, 11) is 4.19. The van der Waals surface area contributed by atoms with Crippen LogP contribution in [0.25, 0.3) is 0 Å². The first-order valence-electron chi connectivity index (χ1n) is 13.1. The van der Waals surface area contributed by atoms with Crippen LogP contribution in [-0.4, -0.2) is 60.2 Å². The third kappa shape index (κ3) is 5.85. The Labute approximate surface area is 214 Å². The number of carbonyl (C=O) groups is 3. The summed E-state index contributed by atoms with van der Waals surface area (Å²) in [4.78, 5) is 41.1. The maximum atomic E-state index is 13.1. The van der Waals surface area contributed by atoms with E-state index in [2.05, 4.69) is 72.0 Å². The summed E-state index contributed by atoms with van der Waals surface area (Å²) in [6.45, 7) is 4.50. The molecule has 192 valence electrons. The first kappa shape index (κ1) is 26.0. The molecule has 2 aromatic carbocycles. The number of imide groups is 1. The summed E-state index contributed by atoms with van der Waals surface area (Å²) >= 11 is 0. The Bertz CT molecular complexity index is 1090. The van der Waals surface area contributed by atoms with Gasteiger partial charge in [-0.25, -0.2) is 0 Å². The van der Waals surface area contributed by atoms with Crippen molar-refractivity contribution in [2.45, 2.75) is 70.1 Å². The van der Waals surface area contributed by atoms with Crippen LogP contribution in [-0.2, 0) is 22.7 Å². The van der Waals surface area contributed by atoms with Gasteiger partial charge in [0.15, 0.2) is 0 Å². The molecule has 0 aromatic heterocycles. The summed E-state index contributed by atoms with van der Waals surface area (Å²) in [5.74, 6) is -0.401. The second kappa shape index (κ2) is 11.8. The Morgan fingerprint density at radius 3 is 2.61 bits per heavy atom. The molecule has 2 aliphatic heterocycles. The van der Waals surface area contributed by atoms with Gasteiger partial charge in [-0.15, -0.1) is 0 Å². The summed E-state index contributed by atoms with van der Waals surface area (Å²) in [6.07, 6.45) is 3.75. The van der Waals surface area contributed by atoms with Crippen molar-refractivity contribution in [1.82, 2.24) is 20.4 Å². The SMILES string of the molecule is CC[C@H](CC(CCNC)c1ccc2c(c1)CN(C1CCC(=O)NC1=O)C2=O)N(C)Cc1ccccc1. The Hall–Kier alpha value is -3.03. The smallest absolute Gasteiger partial charge is 0.255 e. The van der Waals surface area contributed by atoms with Crippen molar-refractivity contribution in [3.05, 3.63) is 70.8 Å². The van der Waals surface area contributed by atoms with Crippen molar-refractivity contribution in [2.75, 3.05) is 20.6 Å². The molecule has 0 aliphatic carbocycles. The van der Waals surface area contributed by atoms with E-state index in [1.54, 1.807) is 4.90 Å². The van der Waals surface area contributed by atoms with Crippen LogP contribution >= 0.6 is 0 Å². The third-order valence-electron chi connectivity index (χ3n) is 7.69. The molecule has 7 nitrogen and oxygen atoms in total. The minimum atomic E-state index is -0.581. The molecule has 0 radical (unpaired) electrons. The lowest BCUT2D eigenvalue weighted by atomic mass is 9.86. The molecular formula is C29H38N4O3. The van der Waals surface area contributed by atoms with E-state index in [0.29, 0.717) is 30.5 Å². The molecule has 2 aliphatic rings. The second-order valence-electron chi connectivity index (χ2n) is 10.1. The first-order valence-corrected chi connectivity index (χ1v) is 13.1. The summed E-state index contributed by atoms with van der Waals surface area (Å²) in [5.41, 5.74) is 4.20. The molecule has 0 bridgehead atoms. The number of benzene rings is 2. The molecule has 36 heavy (non-hydrogen) atoms. The largest absolute Gasteiger partial charge is 0.322 e. The van der Waals surface area contributed by atoms with Crippen molar-refractivity contribution < 1.29 is 14.4 Å². The van der Waals surface area contributed by atoms with Crippen LogP contribution < -0.4 is 10.6 Å². The summed E-state index contributed by atoms with van der Waals surface area (Å²) in [6, 6.07) is 16.6. The Kier molecular flexibility index (Phi) is 8.54. The van der Waals surface area contributed by atoms with Crippen LogP contribution in [0.5, 0.6) is 0 Å². The lowest BCUT2D eigenvalue weighted by molar-refractivity contribution is -0.136. The van der Waals surface area contributed by atoms with Gasteiger partial charge in [-0.05, 0) is 75.0 Å². The van der Waals surface area contributed by atoms with E-state index in [1.165, 1.54) is 11.1 Å². The normalized spacial score (nSPS) is 19.4. The molecule has 1 fully saturated rings. The maximum absolute atomic E-state index is 13.1. The van der Waals surface area contributed by atoms with Gasteiger partial charge < -0.3 is 10.2 Å². The van der Waals surface area contributed by atoms with Crippen LogP contribution in [0, 0.1) is 0 Å². The van der Waals surface area contributed by atoms with Gasteiger partial charge in [0.1, 0.15) is 6.04 Å². The molecule has 0 saturated carbocycles. The molecule has 3 amide bonds. The highest BCUT2D eigenvalue weighted by atomic mass is 16.2. The van der Waals surface area contributed by atoms with Crippen molar-refractivity contribution in [2.24, 2.45) is 0 Å². The van der Waals surface area contributed by atoms with Gasteiger partial charge in [-0.3, -0.25) is 24.6 Å². The van der Waals surface area contributed by atoms with Gasteiger partial charge in [0.05, 0.1) is 0 Å². The molecule has 2 aromatic rings. The molecule has 2 N–H and O–H groups in total. The van der Waals surface area contributed by atoms with E-state index >= 15 is 0 Å². The fourth-order valence-electron chi connectivity index (χ4n) is 5.57. The fourth-order valence-corrected chi connectivity index (χ4v) is 5.57. The highest BCUT2D eigenvalue weighted by molar-refractivity contribution is 6.05. The number of nitrogens with one attached hydrogen (secondary N) is 2. The zero-order valence-corrected chi connectivity index (χ0v) is 21.6. The number of hydrogen-bond donors (Lipinski definition) is 2. The van der Waals surface area contributed by atoms with Crippen molar-refractivity contribution in [1.29, 1.82) is 0 Å². The summed E-state index contributed by atoms with van der Waals surface area (Å²) in [5, 5.41) is 5.68. The molecule has 4 rings (SSSR count). The molecule has 7 heteroatoms. The van der Waals surface area contributed by atoms with Crippen molar-refractivity contribution in [3.63, 3.8) is 0 Å². The number of fused-ring (bicyclic) bond motifs is 1. The molecule has 3 atom stereocenters. The number of nitrogens with zero attached hydrogens (tertiary/aromatic N) is 2. The van der Waals surface area contributed by atoms with Crippen LogP contribution in [0.3, 0.4) is 0 Å². The topological polar surface area (TPSA) is 81.8 Å². The number of hydrogen-bond acceptors (Lipinski definition) is 5. The van der Waals surface area contributed by atoms with Crippen molar-refractivity contribution in [3.8, 4) is 0 Å². The number of rotatable bonds is 11. The van der Waals surface area contributed by atoms with E-state index < -0.39 is 6.04 Å². The molecule has 2 heterocycles. The van der Waals surface area contributed by atoms with Gasteiger partial charge in [-0.1, -0.05) is 49.4 Å². The number of piperidine rings is 1. The monoisotopic (exact) mass is 490 g/mol. The van der Waals surface area contributed by atoms with Crippen molar-refractivity contribution >= 4 is 17.7 Å². The predicted molar refractivity (Wildman–Crippen MR) is 140 cm³/mol. The average molecular weight is 491 g/mol.